The molecule has 0 atom stereocenters. The van der Waals surface area contributed by atoms with Crippen molar-refractivity contribution in [3.63, 3.8) is 0 Å². The summed E-state index contributed by atoms with van der Waals surface area (Å²) in [7, 11) is 1.51. The van der Waals surface area contributed by atoms with Crippen LogP contribution in [0.2, 0.25) is 0 Å². The van der Waals surface area contributed by atoms with Crippen molar-refractivity contribution in [2.75, 3.05) is 13.7 Å². The lowest BCUT2D eigenvalue weighted by Gasteiger charge is -2.08. The highest BCUT2D eigenvalue weighted by Gasteiger charge is 2.07. The maximum Gasteiger partial charge on any atom is 0.224 e. The number of nitrogens with one attached hydrogen (secondary N) is 1. The van der Waals surface area contributed by atoms with Gasteiger partial charge in [-0.15, -0.1) is 0 Å². The van der Waals surface area contributed by atoms with Crippen molar-refractivity contribution >= 4 is 5.91 Å². The van der Waals surface area contributed by atoms with E-state index in [4.69, 9.17) is 4.74 Å². The average Bonchev–Trinajstić information content (AvgIpc) is 2.74. The molecule has 2 N–H and O–H groups in total. The second-order valence-electron chi connectivity index (χ2n) is 8.12. The molecule has 1 aromatic carbocycles. The van der Waals surface area contributed by atoms with E-state index in [-0.39, 0.29) is 11.7 Å². The van der Waals surface area contributed by atoms with Crippen LogP contribution >= 0.6 is 0 Å². The molecule has 1 amide bonds. The molecule has 1 aromatic rings. The fraction of sp³-hybridized carbons (Fsp3) is 0.654. The Bertz CT molecular complexity index is 598. The van der Waals surface area contributed by atoms with Crippen LogP contribution in [-0.2, 0) is 11.2 Å². The third-order valence-electron chi connectivity index (χ3n) is 5.37. The fourth-order valence-corrected chi connectivity index (χ4v) is 3.50. The van der Waals surface area contributed by atoms with Crippen LogP contribution < -0.4 is 10.1 Å². The number of phenolic OH excluding ortho intramolecular Hbond substituents is 1. The zero-order valence-corrected chi connectivity index (χ0v) is 19.3. The molecule has 0 saturated carbocycles. The Morgan fingerprint density at radius 2 is 1.53 bits per heavy atom. The molecule has 30 heavy (non-hydrogen) atoms. The number of amides is 1. The molecule has 0 bridgehead atoms. The summed E-state index contributed by atoms with van der Waals surface area (Å²) in [6.45, 7) is 2.99. The van der Waals surface area contributed by atoms with Crippen LogP contribution in [0.4, 0.5) is 0 Å². The molecular weight excluding hydrogens is 374 g/mol. The van der Waals surface area contributed by atoms with E-state index in [0.717, 1.165) is 18.5 Å². The number of hydrogen-bond acceptors (Lipinski definition) is 3. The number of carbonyl (C=O) groups excluding carboxylic acids is 1. The van der Waals surface area contributed by atoms with Crippen LogP contribution in [0.1, 0.15) is 96.0 Å². The first-order chi connectivity index (χ1) is 14.7. The average molecular weight is 418 g/mol. The van der Waals surface area contributed by atoms with Crippen LogP contribution in [0.3, 0.4) is 0 Å². The van der Waals surface area contributed by atoms with Gasteiger partial charge in [0.15, 0.2) is 11.5 Å². The first kappa shape index (κ1) is 26.1. The van der Waals surface area contributed by atoms with Gasteiger partial charge in [0, 0.05) is 6.54 Å². The quantitative estimate of drug-likeness (QED) is 0.206. The number of carbonyl (C=O) groups is 1. The predicted octanol–water partition coefficient (Wildman–Crippen LogP) is 6.71. The molecule has 0 saturated heterocycles. The summed E-state index contributed by atoms with van der Waals surface area (Å²) < 4.78 is 5.08. The Balaban J connectivity index is 1.92. The van der Waals surface area contributed by atoms with E-state index >= 15 is 0 Å². The third-order valence-corrected chi connectivity index (χ3v) is 5.37. The van der Waals surface area contributed by atoms with Gasteiger partial charge in [-0.05, 0) is 49.8 Å². The minimum Gasteiger partial charge on any atom is -0.504 e. The van der Waals surface area contributed by atoms with Crippen molar-refractivity contribution in [1.82, 2.24) is 5.32 Å². The van der Waals surface area contributed by atoms with Gasteiger partial charge in [-0.1, -0.05) is 76.5 Å². The van der Waals surface area contributed by atoms with E-state index in [9.17, 15) is 9.90 Å². The van der Waals surface area contributed by atoms with Crippen LogP contribution in [-0.4, -0.2) is 24.7 Å². The number of rotatable bonds is 18. The second kappa shape index (κ2) is 17.9. The number of aromatic hydroxyl groups is 1. The Morgan fingerprint density at radius 3 is 2.17 bits per heavy atom. The van der Waals surface area contributed by atoms with Gasteiger partial charge in [-0.3, -0.25) is 4.79 Å². The monoisotopic (exact) mass is 417 g/mol. The third kappa shape index (κ3) is 13.3. The van der Waals surface area contributed by atoms with E-state index in [1.807, 2.05) is 0 Å². The number of benzene rings is 1. The molecule has 0 radical (unpaired) electrons. The first-order valence-corrected chi connectivity index (χ1v) is 11.9. The largest absolute Gasteiger partial charge is 0.504 e. The normalized spacial score (nSPS) is 11.1. The van der Waals surface area contributed by atoms with Gasteiger partial charge in [0.2, 0.25) is 5.91 Å². The number of methoxy groups -OCH3 is 1. The molecule has 0 aliphatic heterocycles. The molecule has 0 spiro atoms. The summed E-state index contributed by atoms with van der Waals surface area (Å²) in [4.78, 5) is 12.0. The Hall–Kier alpha value is -1.97. The minimum atomic E-state index is 0.0138. The van der Waals surface area contributed by atoms with Crippen LogP contribution in [0.15, 0.2) is 30.4 Å². The lowest BCUT2D eigenvalue weighted by atomic mass is 10.1. The van der Waals surface area contributed by atoms with Crippen LogP contribution in [0, 0.1) is 0 Å². The van der Waals surface area contributed by atoms with Crippen LogP contribution in [0.5, 0.6) is 11.5 Å². The van der Waals surface area contributed by atoms with Crippen molar-refractivity contribution in [3.8, 4) is 11.5 Å². The fourth-order valence-electron chi connectivity index (χ4n) is 3.50. The summed E-state index contributed by atoms with van der Waals surface area (Å²) in [5.41, 5.74) is 0.840. The van der Waals surface area contributed by atoms with E-state index in [2.05, 4.69) is 24.4 Å². The van der Waals surface area contributed by atoms with Gasteiger partial charge in [-0.2, -0.15) is 0 Å². The SMILES string of the molecule is CCCCCCC/C=C\CCCCCCCCNC(=O)Cc1ccc(O)c(OC)c1. The summed E-state index contributed by atoms with van der Waals surface area (Å²) in [6.07, 6.45) is 21.6. The zero-order valence-electron chi connectivity index (χ0n) is 19.3. The minimum absolute atomic E-state index is 0.0138. The van der Waals surface area contributed by atoms with Gasteiger partial charge in [0.1, 0.15) is 0 Å². The summed E-state index contributed by atoms with van der Waals surface area (Å²) in [5.74, 6) is 0.508. The summed E-state index contributed by atoms with van der Waals surface area (Å²) in [5, 5.41) is 12.6. The Morgan fingerprint density at radius 1 is 0.933 bits per heavy atom. The van der Waals surface area contributed by atoms with Crippen molar-refractivity contribution in [2.24, 2.45) is 0 Å². The number of hydrogen-bond donors (Lipinski definition) is 2. The van der Waals surface area contributed by atoms with Crippen molar-refractivity contribution in [1.29, 1.82) is 0 Å². The number of allylic oxidation sites excluding steroid dienone is 2. The van der Waals surface area contributed by atoms with E-state index < -0.39 is 0 Å². The highest BCUT2D eigenvalue weighted by atomic mass is 16.5. The van der Waals surface area contributed by atoms with E-state index in [0.29, 0.717) is 12.2 Å². The van der Waals surface area contributed by atoms with Crippen LogP contribution in [0.25, 0.3) is 0 Å². The van der Waals surface area contributed by atoms with Gasteiger partial charge in [0.05, 0.1) is 13.5 Å². The van der Waals surface area contributed by atoms with E-state index in [1.54, 1.807) is 18.2 Å². The lowest BCUT2D eigenvalue weighted by Crippen LogP contribution is -2.26. The molecule has 170 valence electrons. The molecule has 0 aliphatic carbocycles. The standard InChI is InChI=1S/C26H43NO3/c1-3-4-5-6-7-8-9-10-11-12-13-14-15-16-17-20-27-26(29)22-23-18-19-24(28)25(21-23)30-2/h9-10,18-19,21,28H,3-8,11-17,20,22H2,1-2H3,(H,27,29)/b10-9-. The molecule has 0 heterocycles. The first-order valence-electron chi connectivity index (χ1n) is 11.9. The zero-order chi connectivity index (χ0) is 21.9. The van der Waals surface area contributed by atoms with Gasteiger partial charge in [-0.25, -0.2) is 0 Å². The Labute approximate surface area is 184 Å². The maximum atomic E-state index is 12.0. The highest BCUT2D eigenvalue weighted by molar-refractivity contribution is 5.78. The topological polar surface area (TPSA) is 58.6 Å². The summed E-state index contributed by atoms with van der Waals surface area (Å²) >= 11 is 0. The van der Waals surface area contributed by atoms with Crippen molar-refractivity contribution in [3.05, 3.63) is 35.9 Å². The molecule has 0 fully saturated rings. The molecular formula is C26H43NO3. The highest BCUT2D eigenvalue weighted by Crippen LogP contribution is 2.26. The Kier molecular flexibility index (Phi) is 15.5. The van der Waals surface area contributed by atoms with Gasteiger partial charge >= 0.3 is 0 Å². The molecule has 0 aliphatic rings. The maximum absolute atomic E-state index is 12.0. The van der Waals surface area contributed by atoms with Gasteiger partial charge in [0.25, 0.3) is 0 Å². The molecule has 0 aromatic heterocycles. The smallest absolute Gasteiger partial charge is 0.224 e. The molecule has 4 heteroatoms. The number of phenols is 1. The number of ether oxygens (including phenoxy) is 1. The number of unbranched alkanes of at least 4 members (excludes halogenated alkanes) is 11. The van der Waals surface area contributed by atoms with Crippen molar-refractivity contribution < 1.29 is 14.6 Å². The second-order valence-corrected chi connectivity index (χ2v) is 8.12. The van der Waals surface area contributed by atoms with Crippen molar-refractivity contribution in [2.45, 2.75) is 96.8 Å². The lowest BCUT2D eigenvalue weighted by molar-refractivity contribution is -0.120. The molecule has 4 nitrogen and oxygen atoms in total. The molecule has 1 rings (SSSR count). The summed E-state index contributed by atoms with van der Waals surface area (Å²) in [6, 6.07) is 5.02. The van der Waals surface area contributed by atoms with E-state index in [1.165, 1.54) is 84.2 Å². The van der Waals surface area contributed by atoms with Gasteiger partial charge < -0.3 is 15.2 Å². The predicted molar refractivity (Wildman–Crippen MR) is 126 cm³/mol. The molecule has 0 unspecified atom stereocenters.